The molecule has 1 aliphatic heterocycles. The van der Waals surface area contributed by atoms with Gasteiger partial charge in [0.2, 0.25) is 0 Å². The van der Waals surface area contributed by atoms with E-state index in [1.54, 1.807) is 68.7 Å². The average molecular weight is 624 g/mol. The molecule has 42 heavy (non-hydrogen) atoms. The quantitative estimate of drug-likeness (QED) is 0.122. The van der Waals surface area contributed by atoms with E-state index in [-0.39, 0.29) is 22.4 Å². The van der Waals surface area contributed by atoms with Gasteiger partial charge in [0.15, 0.2) is 9.96 Å². The Morgan fingerprint density at radius 3 is 2.69 bits per heavy atom. The molecule has 4 aromatic rings. The van der Waals surface area contributed by atoms with Crippen LogP contribution < -0.4 is 19.6 Å². The van der Waals surface area contributed by atoms with E-state index in [0.717, 1.165) is 23.1 Å². The summed E-state index contributed by atoms with van der Waals surface area (Å²) >= 11 is 8.50. The lowest BCUT2D eigenvalue weighted by Gasteiger charge is -2.26. The zero-order chi connectivity index (χ0) is 30.0. The van der Waals surface area contributed by atoms with Crippen molar-refractivity contribution in [3.63, 3.8) is 0 Å². The predicted octanol–water partition coefficient (Wildman–Crippen LogP) is 4.31. The van der Waals surface area contributed by atoms with Gasteiger partial charge in [-0.2, -0.15) is 0 Å². The summed E-state index contributed by atoms with van der Waals surface area (Å²) < 4.78 is 12.6. The number of hydrogen-bond acceptors (Lipinski definition) is 11. The van der Waals surface area contributed by atoms with Crippen molar-refractivity contribution in [2.75, 3.05) is 13.7 Å². The largest absolute Gasteiger partial charge is 0.496 e. The highest BCUT2D eigenvalue weighted by atomic mass is 35.5. The third-order valence-corrected chi connectivity index (χ3v) is 8.40. The summed E-state index contributed by atoms with van der Waals surface area (Å²) in [6.45, 7) is 3.49. The van der Waals surface area contributed by atoms with E-state index in [4.69, 9.17) is 21.1 Å². The minimum Gasteiger partial charge on any atom is -0.496 e. The van der Waals surface area contributed by atoms with Crippen LogP contribution in [0.1, 0.15) is 31.0 Å². The van der Waals surface area contributed by atoms with Gasteiger partial charge in [-0.1, -0.05) is 29.0 Å². The Bertz CT molecular complexity index is 1920. The Labute approximate surface area is 252 Å². The summed E-state index contributed by atoms with van der Waals surface area (Å²) in [5.74, 6) is -0.201. The van der Waals surface area contributed by atoms with Crippen LogP contribution in [-0.2, 0) is 9.53 Å². The molecule has 0 amide bonds. The van der Waals surface area contributed by atoms with Crippen LogP contribution in [-0.4, -0.2) is 39.1 Å². The number of nitro benzene ring substituents is 1. The van der Waals surface area contributed by atoms with Crippen LogP contribution >= 0.6 is 34.7 Å². The first-order chi connectivity index (χ1) is 20.2. The van der Waals surface area contributed by atoms with Crippen LogP contribution in [0.4, 0.5) is 5.69 Å². The monoisotopic (exact) mass is 623 g/mol. The molecule has 14 heteroatoms. The number of halogens is 1. The number of aromatic nitrogens is 3. The van der Waals surface area contributed by atoms with Crippen LogP contribution in [0.5, 0.6) is 5.75 Å². The molecule has 11 nitrogen and oxygen atoms in total. The second-order valence-corrected chi connectivity index (χ2v) is 11.3. The van der Waals surface area contributed by atoms with Crippen LogP contribution in [0.25, 0.3) is 6.08 Å². The molecule has 0 unspecified atom stereocenters. The van der Waals surface area contributed by atoms with Crippen molar-refractivity contribution in [3.8, 4) is 5.75 Å². The van der Waals surface area contributed by atoms with Gasteiger partial charge in [-0.05, 0) is 67.6 Å². The number of esters is 1. The van der Waals surface area contributed by atoms with E-state index in [1.165, 1.54) is 17.7 Å². The fourth-order valence-electron chi connectivity index (χ4n) is 4.45. The van der Waals surface area contributed by atoms with E-state index < -0.39 is 22.5 Å². The van der Waals surface area contributed by atoms with Crippen molar-refractivity contribution >= 4 is 52.4 Å². The van der Waals surface area contributed by atoms with Crippen molar-refractivity contribution in [3.05, 3.63) is 112 Å². The summed E-state index contributed by atoms with van der Waals surface area (Å²) in [6.07, 6.45) is 4.66. The number of thiazole rings is 1. The number of ether oxygens (including phenoxy) is 2. The number of fused-ring (bicyclic) bond motifs is 1. The minimum absolute atomic E-state index is 0.128. The van der Waals surface area contributed by atoms with Crippen molar-refractivity contribution in [1.82, 2.24) is 14.5 Å². The first kappa shape index (κ1) is 29.2. The van der Waals surface area contributed by atoms with Gasteiger partial charge in [0, 0.05) is 29.0 Å². The number of nitrogens with zero attached hydrogens (tertiary/aromatic N) is 5. The number of carbonyl (C=O) groups excluding carboxylic acids is 1. The summed E-state index contributed by atoms with van der Waals surface area (Å²) in [4.78, 5) is 52.0. The Kier molecular flexibility index (Phi) is 8.52. The van der Waals surface area contributed by atoms with Crippen molar-refractivity contribution < 1.29 is 19.2 Å². The zero-order valence-corrected chi connectivity index (χ0v) is 24.8. The van der Waals surface area contributed by atoms with Crippen molar-refractivity contribution in [2.45, 2.75) is 29.9 Å². The summed E-state index contributed by atoms with van der Waals surface area (Å²) in [6, 6.07) is 10.3. The number of rotatable bonds is 8. The molecular weight excluding hydrogens is 602 g/mol. The van der Waals surface area contributed by atoms with Crippen LogP contribution in [0, 0.1) is 10.1 Å². The molecule has 0 aliphatic carbocycles. The maximum atomic E-state index is 13.9. The van der Waals surface area contributed by atoms with E-state index >= 15 is 0 Å². The Morgan fingerprint density at radius 2 is 2.00 bits per heavy atom. The lowest BCUT2D eigenvalue weighted by molar-refractivity contribution is -0.387. The number of methoxy groups -OCH3 is 1. The van der Waals surface area contributed by atoms with Gasteiger partial charge in [-0.15, -0.1) is 0 Å². The Morgan fingerprint density at radius 1 is 1.24 bits per heavy atom. The lowest BCUT2D eigenvalue weighted by Crippen LogP contribution is -2.40. The predicted molar refractivity (Wildman–Crippen MR) is 158 cm³/mol. The van der Waals surface area contributed by atoms with Crippen molar-refractivity contribution in [2.24, 2.45) is 4.99 Å². The van der Waals surface area contributed by atoms with Crippen LogP contribution in [0.3, 0.4) is 0 Å². The maximum absolute atomic E-state index is 13.9. The van der Waals surface area contributed by atoms with Gasteiger partial charge in [-0.25, -0.2) is 19.8 Å². The maximum Gasteiger partial charge on any atom is 0.338 e. The van der Waals surface area contributed by atoms with Crippen LogP contribution in [0.15, 0.2) is 86.0 Å². The fraction of sp³-hybridized carbons (Fsp3) is 0.179. The molecule has 5 rings (SSSR count). The molecule has 0 radical (unpaired) electrons. The minimum atomic E-state index is -0.935. The summed E-state index contributed by atoms with van der Waals surface area (Å²) in [5, 5.41) is 12.7. The SMILES string of the molecule is CCOC(=O)C1=C(C)N=c2s/c(=C\c3ccc(Sc4ncccn4)c([N+](=O)[O-])c3)c(=O)n2[C@H]1c1cc(Cl)ccc1OC. The number of nitro groups is 1. The Hall–Kier alpha value is -4.33. The molecule has 2 aromatic carbocycles. The average Bonchev–Trinajstić information content (AvgIpc) is 3.27. The molecule has 3 heterocycles. The van der Waals surface area contributed by atoms with E-state index in [1.807, 2.05) is 0 Å². The van der Waals surface area contributed by atoms with Gasteiger partial charge in [0.25, 0.3) is 11.2 Å². The molecule has 1 atom stereocenters. The third kappa shape index (κ3) is 5.71. The normalized spacial score (nSPS) is 14.8. The number of allylic oxidation sites excluding steroid dienone is 1. The molecule has 0 saturated heterocycles. The van der Waals surface area contributed by atoms with E-state index in [9.17, 15) is 19.7 Å². The first-order valence-electron chi connectivity index (χ1n) is 12.5. The first-order valence-corrected chi connectivity index (χ1v) is 14.5. The van der Waals surface area contributed by atoms with Gasteiger partial charge < -0.3 is 9.47 Å². The smallest absolute Gasteiger partial charge is 0.338 e. The number of carbonyl (C=O) groups is 1. The molecule has 0 bridgehead atoms. The zero-order valence-electron chi connectivity index (χ0n) is 22.4. The van der Waals surface area contributed by atoms with Gasteiger partial charge in [0.05, 0.1) is 39.3 Å². The van der Waals surface area contributed by atoms with Crippen LogP contribution in [0.2, 0.25) is 5.02 Å². The summed E-state index contributed by atoms with van der Waals surface area (Å²) in [7, 11) is 1.48. The van der Waals surface area contributed by atoms with Crippen molar-refractivity contribution in [1.29, 1.82) is 0 Å². The molecule has 0 spiro atoms. The van der Waals surface area contributed by atoms with Gasteiger partial charge >= 0.3 is 5.97 Å². The molecule has 1 aliphatic rings. The lowest BCUT2D eigenvalue weighted by atomic mass is 9.95. The number of benzene rings is 2. The standard InChI is InChI=1S/C28H22ClN5O6S2/c1-4-40-26(36)23-15(2)32-28-33(24(23)18-14-17(29)7-8-20(18)39-3)25(35)22(42-28)13-16-6-9-21(19(12-16)34(37)38)41-27-30-10-5-11-31-27/h5-14,24H,4H2,1-3H3/b22-13-/t24-/m0/s1. The Balaban J connectivity index is 1.67. The highest BCUT2D eigenvalue weighted by Crippen LogP contribution is 2.37. The van der Waals surface area contributed by atoms with E-state index in [0.29, 0.717) is 42.4 Å². The highest BCUT2D eigenvalue weighted by Gasteiger charge is 2.35. The molecule has 0 N–H and O–H groups in total. The highest BCUT2D eigenvalue weighted by molar-refractivity contribution is 7.99. The van der Waals surface area contributed by atoms with Gasteiger partial charge in [-0.3, -0.25) is 19.5 Å². The number of hydrogen-bond donors (Lipinski definition) is 0. The topological polar surface area (TPSA) is 139 Å². The molecular formula is C28H22ClN5O6S2. The molecule has 214 valence electrons. The summed E-state index contributed by atoms with van der Waals surface area (Å²) in [5.41, 5.74) is 0.874. The fourth-order valence-corrected chi connectivity index (χ4v) is 6.47. The van der Waals surface area contributed by atoms with E-state index in [2.05, 4.69) is 15.0 Å². The third-order valence-electron chi connectivity index (χ3n) is 6.22. The molecule has 2 aromatic heterocycles. The second-order valence-electron chi connectivity index (χ2n) is 8.81. The second kappa shape index (κ2) is 12.3. The van der Waals surface area contributed by atoms with Gasteiger partial charge in [0.1, 0.15) is 11.8 Å². The molecule has 0 saturated carbocycles. The molecule has 0 fully saturated rings.